The molecule has 2 nitrogen and oxygen atoms in total. The molecule has 0 N–H and O–H groups in total. The molecule has 1 aliphatic rings. The van der Waals surface area contributed by atoms with Gasteiger partial charge in [-0.05, 0) is 24.6 Å². The van der Waals surface area contributed by atoms with Crippen LogP contribution in [0, 0.1) is 6.92 Å². The van der Waals surface area contributed by atoms with Crippen molar-refractivity contribution in [2.45, 2.75) is 13.0 Å². The van der Waals surface area contributed by atoms with Crippen LogP contribution in [-0.4, -0.2) is 10.7 Å². The first kappa shape index (κ1) is 9.28. The van der Waals surface area contributed by atoms with Crippen molar-refractivity contribution in [1.29, 1.82) is 0 Å². The van der Waals surface area contributed by atoms with Gasteiger partial charge in [0.25, 0.3) is 0 Å². The van der Waals surface area contributed by atoms with Crippen LogP contribution >= 0.6 is 0 Å². The van der Waals surface area contributed by atoms with Gasteiger partial charge in [-0.15, -0.1) is 0 Å². The molecule has 1 unspecified atom stereocenters. The van der Waals surface area contributed by atoms with Crippen LogP contribution in [0.3, 0.4) is 0 Å². The molecular weight excluding hydrogens is 196 g/mol. The lowest BCUT2D eigenvalue weighted by Crippen LogP contribution is -1.96. The lowest BCUT2D eigenvalue weighted by molar-refractivity contribution is 1.000. The number of nitrogens with zero attached hydrogens (tertiary/aromatic N) is 2. The van der Waals surface area contributed by atoms with Crippen LogP contribution in [-0.2, 0) is 0 Å². The second kappa shape index (κ2) is 3.56. The van der Waals surface area contributed by atoms with Gasteiger partial charge in [-0.25, -0.2) is 0 Å². The van der Waals surface area contributed by atoms with E-state index in [2.05, 4.69) is 22.1 Å². The molecule has 1 aliphatic heterocycles. The van der Waals surface area contributed by atoms with E-state index in [-0.39, 0.29) is 6.04 Å². The van der Waals surface area contributed by atoms with Gasteiger partial charge in [0, 0.05) is 5.69 Å². The van der Waals surface area contributed by atoms with E-state index in [9.17, 15) is 0 Å². The van der Waals surface area contributed by atoms with E-state index < -0.39 is 0 Å². The summed E-state index contributed by atoms with van der Waals surface area (Å²) in [5, 5.41) is 0. The second-order valence-corrected chi connectivity index (χ2v) is 3.99. The third-order valence-electron chi connectivity index (χ3n) is 2.72. The van der Waals surface area contributed by atoms with Crippen LogP contribution in [0.2, 0.25) is 0 Å². The SMILES string of the molecule is Cc1cccc(C2N=C2c2ccccc2)n1. The van der Waals surface area contributed by atoms with Crippen molar-refractivity contribution in [2.24, 2.45) is 4.99 Å². The second-order valence-electron chi connectivity index (χ2n) is 3.99. The molecule has 3 rings (SSSR count). The third-order valence-corrected chi connectivity index (χ3v) is 2.72. The lowest BCUT2D eigenvalue weighted by atomic mass is 10.1. The fourth-order valence-electron chi connectivity index (χ4n) is 1.87. The summed E-state index contributed by atoms with van der Waals surface area (Å²) in [7, 11) is 0. The van der Waals surface area contributed by atoms with Crippen molar-refractivity contribution >= 4 is 5.71 Å². The highest BCUT2D eigenvalue weighted by Gasteiger charge is 2.31. The molecule has 78 valence electrons. The number of hydrogen-bond donors (Lipinski definition) is 0. The van der Waals surface area contributed by atoms with E-state index >= 15 is 0 Å². The van der Waals surface area contributed by atoms with Crippen LogP contribution in [0.1, 0.15) is 23.0 Å². The van der Waals surface area contributed by atoms with E-state index in [1.54, 1.807) is 0 Å². The summed E-state index contributed by atoms with van der Waals surface area (Å²) in [6.07, 6.45) is 0. The van der Waals surface area contributed by atoms with E-state index in [1.807, 2.05) is 43.3 Å². The van der Waals surface area contributed by atoms with Gasteiger partial charge >= 0.3 is 0 Å². The number of pyridine rings is 1. The molecule has 0 amide bonds. The molecule has 0 bridgehead atoms. The molecule has 0 spiro atoms. The van der Waals surface area contributed by atoms with E-state index in [1.165, 1.54) is 5.56 Å². The van der Waals surface area contributed by atoms with Crippen molar-refractivity contribution in [3.05, 3.63) is 65.5 Å². The average Bonchev–Trinajstić information content (AvgIpc) is 3.10. The third kappa shape index (κ3) is 1.63. The largest absolute Gasteiger partial charge is 0.270 e. The van der Waals surface area contributed by atoms with Gasteiger partial charge in [0.1, 0.15) is 6.04 Å². The lowest BCUT2D eigenvalue weighted by Gasteiger charge is -1.99. The molecule has 0 fully saturated rings. The zero-order valence-electron chi connectivity index (χ0n) is 9.09. The van der Waals surface area contributed by atoms with Crippen molar-refractivity contribution in [1.82, 2.24) is 4.98 Å². The molecule has 0 radical (unpaired) electrons. The number of aliphatic imine (C=N–C) groups is 1. The molecule has 1 aromatic carbocycles. The zero-order valence-corrected chi connectivity index (χ0v) is 9.09. The maximum absolute atomic E-state index is 4.50. The predicted molar refractivity (Wildman–Crippen MR) is 64.7 cm³/mol. The first-order valence-corrected chi connectivity index (χ1v) is 5.41. The van der Waals surface area contributed by atoms with E-state index in [4.69, 9.17) is 0 Å². The standard InChI is InChI=1S/C14H12N2/c1-10-6-5-9-12(15-10)14-13(16-14)11-7-3-2-4-8-11/h2-9,14H,1H3. The normalized spacial score (nSPS) is 18.1. The monoisotopic (exact) mass is 208 g/mol. The van der Waals surface area contributed by atoms with Crippen molar-refractivity contribution < 1.29 is 0 Å². The molecule has 2 heterocycles. The van der Waals surface area contributed by atoms with Gasteiger partial charge in [-0.3, -0.25) is 9.98 Å². The topological polar surface area (TPSA) is 25.2 Å². The highest BCUT2D eigenvalue weighted by molar-refractivity contribution is 6.13. The molecule has 0 saturated heterocycles. The Hall–Kier alpha value is -1.96. The van der Waals surface area contributed by atoms with Crippen molar-refractivity contribution in [3.63, 3.8) is 0 Å². The number of hydrogen-bond acceptors (Lipinski definition) is 2. The Bertz CT molecular complexity index is 544. The summed E-state index contributed by atoms with van der Waals surface area (Å²) >= 11 is 0. The fourth-order valence-corrected chi connectivity index (χ4v) is 1.87. The van der Waals surface area contributed by atoms with Gasteiger partial charge in [0.2, 0.25) is 0 Å². The molecule has 1 aromatic heterocycles. The minimum absolute atomic E-state index is 0.183. The Morgan fingerprint density at radius 3 is 2.50 bits per heavy atom. The number of benzene rings is 1. The Morgan fingerprint density at radius 2 is 1.75 bits per heavy atom. The van der Waals surface area contributed by atoms with Crippen molar-refractivity contribution in [3.8, 4) is 0 Å². The number of rotatable bonds is 2. The molecule has 1 atom stereocenters. The smallest absolute Gasteiger partial charge is 0.134 e. The van der Waals surface area contributed by atoms with Crippen LogP contribution in [0.4, 0.5) is 0 Å². The Labute approximate surface area is 94.7 Å². The van der Waals surface area contributed by atoms with Crippen molar-refractivity contribution in [2.75, 3.05) is 0 Å². The zero-order chi connectivity index (χ0) is 11.0. The number of aromatic nitrogens is 1. The van der Waals surface area contributed by atoms with Gasteiger partial charge < -0.3 is 0 Å². The van der Waals surface area contributed by atoms with Crippen LogP contribution in [0.15, 0.2) is 53.5 Å². The summed E-state index contributed by atoms with van der Waals surface area (Å²) in [5.41, 5.74) is 4.46. The summed E-state index contributed by atoms with van der Waals surface area (Å²) in [6.45, 7) is 2.01. The van der Waals surface area contributed by atoms with E-state index in [0.717, 1.165) is 17.1 Å². The first-order valence-electron chi connectivity index (χ1n) is 5.41. The Kier molecular flexibility index (Phi) is 2.07. The fraction of sp³-hybridized carbons (Fsp3) is 0.143. The quantitative estimate of drug-likeness (QED) is 0.744. The van der Waals surface area contributed by atoms with Gasteiger partial charge in [-0.1, -0.05) is 36.4 Å². The Balaban J connectivity index is 1.84. The molecule has 0 aliphatic carbocycles. The van der Waals surface area contributed by atoms with Gasteiger partial charge in [-0.2, -0.15) is 0 Å². The highest BCUT2D eigenvalue weighted by Crippen LogP contribution is 2.33. The summed E-state index contributed by atoms with van der Waals surface area (Å²) in [5.74, 6) is 0. The molecule has 0 saturated carbocycles. The van der Waals surface area contributed by atoms with Gasteiger partial charge in [0.15, 0.2) is 0 Å². The minimum Gasteiger partial charge on any atom is -0.270 e. The minimum atomic E-state index is 0.183. The van der Waals surface area contributed by atoms with Crippen LogP contribution < -0.4 is 0 Å². The molecular formula is C14H12N2. The van der Waals surface area contributed by atoms with Gasteiger partial charge in [0.05, 0.1) is 11.4 Å². The first-order chi connectivity index (χ1) is 7.84. The number of aryl methyl sites for hydroxylation is 1. The molecule has 16 heavy (non-hydrogen) atoms. The highest BCUT2D eigenvalue weighted by atomic mass is 15.0. The molecule has 2 aromatic rings. The van der Waals surface area contributed by atoms with E-state index in [0.29, 0.717) is 0 Å². The van der Waals surface area contributed by atoms with Crippen LogP contribution in [0.25, 0.3) is 0 Å². The summed E-state index contributed by atoms with van der Waals surface area (Å²) in [6, 6.07) is 16.5. The predicted octanol–water partition coefficient (Wildman–Crippen LogP) is 2.93. The molecule has 2 heteroatoms. The van der Waals surface area contributed by atoms with Crippen LogP contribution in [0.5, 0.6) is 0 Å². The average molecular weight is 208 g/mol. The summed E-state index contributed by atoms with van der Waals surface area (Å²) in [4.78, 5) is 8.99. The maximum Gasteiger partial charge on any atom is 0.134 e. The summed E-state index contributed by atoms with van der Waals surface area (Å²) < 4.78 is 0. The maximum atomic E-state index is 4.50. The Morgan fingerprint density at radius 1 is 0.938 bits per heavy atom.